The van der Waals surface area contributed by atoms with Crippen molar-refractivity contribution in [3.8, 4) is 11.5 Å². The van der Waals surface area contributed by atoms with Crippen LogP contribution in [0.4, 0.5) is 9.18 Å². The summed E-state index contributed by atoms with van der Waals surface area (Å²) in [5.74, 6) is -0.126. The molecule has 1 aliphatic heterocycles. The molecule has 5 nitrogen and oxygen atoms in total. The van der Waals surface area contributed by atoms with Crippen LogP contribution in [0, 0.1) is 5.82 Å². The predicted molar refractivity (Wildman–Crippen MR) is 147 cm³/mol. The summed E-state index contributed by atoms with van der Waals surface area (Å²) in [7, 11) is 0. The van der Waals surface area contributed by atoms with Gasteiger partial charge in [-0.1, -0.05) is 48.0 Å². The third-order valence-corrected chi connectivity index (χ3v) is 8.62. The van der Waals surface area contributed by atoms with E-state index in [0.717, 1.165) is 22.2 Å². The molecule has 186 valence electrons. The Bertz CT molecular complexity index is 1330. The van der Waals surface area contributed by atoms with Crippen LogP contribution in [-0.2, 0) is 17.9 Å². The third-order valence-electron chi connectivity index (χ3n) is 5.22. The number of carbonyl (C=O) groups excluding carboxylic acids is 2. The molecule has 10 heteroatoms. The van der Waals surface area contributed by atoms with Crippen molar-refractivity contribution in [1.29, 1.82) is 0 Å². The third kappa shape index (κ3) is 5.80. The Labute approximate surface area is 233 Å². The first kappa shape index (κ1) is 26.7. The van der Waals surface area contributed by atoms with Crippen molar-refractivity contribution in [3.05, 3.63) is 96.0 Å². The van der Waals surface area contributed by atoms with Gasteiger partial charge in [0.1, 0.15) is 12.4 Å². The zero-order chi connectivity index (χ0) is 25.8. The fraction of sp³-hybridized carbons (Fsp3) is 0.154. The fourth-order valence-electron chi connectivity index (χ4n) is 3.46. The Morgan fingerprint density at radius 2 is 1.81 bits per heavy atom. The van der Waals surface area contributed by atoms with Crippen LogP contribution in [0.25, 0.3) is 6.08 Å². The molecule has 1 saturated heterocycles. The number of amides is 2. The Kier molecular flexibility index (Phi) is 8.77. The van der Waals surface area contributed by atoms with Crippen LogP contribution < -0.4 is 9.47 Å². The van der Waals surface area contributed by atoms with Gasteiger partial charge >= 0.3 is 0 Å². The molecule has 0 saturated carbocycles. The molecule has 2 amide bonds. The minimum atomic E-state index is -0.579. The Morgan fingerprint density at radius 3 is 2.50 bits per heavy atom. The van der Waals surface area contributed by atoms with Crippen molar-refractivity contribution in [2.75, 3.05) is 6.61 Å². The van der Waals surface area contributed by atoms with Gasteiger partial charge in [0.15, 0.2) is 11.5 Å². The second kappa shape index (κ2) is 11.8. The van der Waals surface area contributed by atoms with Gasteiger partial charge in [0.25, 0.3) is 11.1 Å². The molecule has 1 heterocycles. The van der Waals surface area contributed by atoms with Gasteiger partial charge in [-0.25, -0.2) is 4.39 Å². The van der Waals surface area contributed by atoms with E-state index in [4.69, 9.17) is 21.1 Å². The zero-order valence-electron chi connectivity index (χ0n) is 18.9. The van der Waals surface area contributed by atoms with Gasteiger partial charge in [-0.05, 0) is 85.9 Å². The summed E-state index contributed by atoms with van der Waals surface area (Å²) in [5, 5.41) is -0.356. The largest absolute Gasteiger partial charge is 0.490 e. The number of nitrogens with zero attached hydrogens (tertiary/aromatic N) is 1. The van der Waals surface area contributed by atoms with Crippen LogP contribution in [0.3, 0.4) is 0 Å². The topological polar surface area (TPSA) is 55.8 Å². The van der Waals surface area contributed by atoms with E-state index in [9.17, 15) is 14.0 Å². The van der Waals surface area contributed by atoms with Gasteiger partial charge in [0, 0.05) is 15.1 Å². The molecule has 36 heavy (non-hydrogen) atoms. The Morgan fingerprint density at radius 1 is 1.06 bits per heavy atom. The van der Waals surface area contributed by atoms with E-state index in [1.807, 2.05) is 37.3 Å². The smallest absolute Gasteiger partial charge is 0.293 e. The summed E-state index contributed by atoms with van der Waals surface area (Å²) >= 11 is 14.0. The number of carbonyl (C=O) groups is 2. The van der Waals surface area contributed by atoms with Crippen LogP contribution in [-0.4, -0.2) is 22.7 Å². The molecule has 3 aromatic rings. The molecule has 4 rings (SSSR count). The number of halogens is 4. The van der Waals surface area contributed by atoms with Crippen molar-refractivity contribution in [2.45, 2.75) is 20.1 Å². The van der Waals surface area contributed by atoms with Crippen LogP contribution in [0.2, 0.25) is 5.02 Å². The lowest BCUT2D eigenvalue weighted by atomic mass is 10.1. The minimum Gasteiger partial charge on any atom is -0.490 e. The van der Waals surface area contributed by atoms with E-state index in [2.05, 4.69) is 31.9 Å². The summed E-state index contributed by atoms with van der Waals surface area (Å²) in [6.07, 6.45) is 1.59. The van der Waals surface area contributed by atoms with Gasteiger partial charge in [0.2, 0.25) is 0 Å². The highest BCUT2D eigenvalue weighted by Crippen LogP contribution is 2.45. The molecule has 0 bridgehead atoms. The molecule has 3 aromatic carbocycles. The molecule has 0 N–H and O–H groups in total. The average molecular weight is 656 g/mol. The first-order valence-corrected chi connectivity index (χ1v) is 13.6. The summed E-state index contributed by atoms with van der Waals surface area (Å²) in [4.78, 5) is 26.8. The highest BCUT2D eigenvalue weighted by molar-refractivity contribution is 9.13. The summed E-state index contributed by atoms with van der Waals surface area (Å²) in [6.45, 7) is 2.34. The predicted octanol–water partition coefficient (Wildman–Crippen LogP) is 8.22. The van der Waals surface area contributed by atoms with E-state index in [1.165, 1.54) is 18.2 Å². The van der Waals surface area contributed by atoms with Crippen molar-refractivity contribution >= 4 is 72.4 Å². The highest BCUT2D eigenvalue weighted by atomic mass is 79.9. The first-order valence-electron chi connectivity index (χ1n) is 10.8. The van der Waals surface area contributed by atoms with Gasteiger partial charge in [-0.15, -0.1) is 0 Å². The molecule has 0 radical (unpaired) electrons. The van der Waals surface area contributed by atoms with Crippen molar-refractivity contribution in [2.24, 2.45) is 0 Å². The van der Waals surface area contributed by atoms with Crippen molar-refractivity contribution < 1.29 is 23.5 Å². The number of imide groups is 1. The van der Waals surface area contributed by atoms with E-state index >= 15 is 0 Å². The summed E-state index contributed by atoms with van der Waals surface area (Å²) in [5.41, 5.74) is 1.69. The van der Waals surface area contributed by atoms with Crippen molar-refractivity contribution in [3.63, 3.8) is 0 Å². The van der Waals surface area contributed by atoms with Gasteiger partial charge in [-0.3, -0.25) is 14.5 Å². The van der Waals surface area contributed by atoms with E-state index < -0.39 is 17.0 Å². The maximum atomic E-state index is 14.2. The SMILES string of the molecule is CCOc1cc(/C=C2\SC(=O)N(Cc3c(F)cccc3Cl)C2=O)c(Br)c(Br)c1OCc1ccccc1. The first-order chi connectivity index (χ1) is 17.3. The second-order valence-electron chi connectivity index (χ2n) is 7.60. The molecule has 0 aromatic heterocycles. The standard InChI is InChI=1S/C26H19Br2ClFNO4S/c1-2-34-20-11-16(22(27)23(28)24(20)35-14-15-7-4-3-5-8-15)12-21-25(32)31(26(33)36-21)13-17-18(29)9-6-10-19(17)30/h3-12H,2,13-14H2,1H3/b21-12-. The lowest BCUT2D eigenvalue weighted by Crippen LogP contribution is -2.28. The lowest BCUT2D eigenvalue weighted by Gasteiger charge is -2.17. The lowest BCUT2D eigenvalue weighted by molar-refractivity contribution is -0.123. The van der Waals surface area contributed by atoms with E-state index in [0.29, 0.717) is 39.2 Å². The van der Waals surface area contributed by atoms with Gasteiger partial charge in [0.05, 0.1) is 22.5 Å². The number of ether oxygens (including phenoxy) is 2. The molecule has 0 spiro atoms. The van der Waals surface area contributed by atoms with Crippen molar-refractivity contribution in [1.82, 2.24) is 4.90 Å². The number of thioether (sulfide) groups is 1. The van der Waals surface area contributed by atoms with Crippen LogP contribution in [0.1, 0.15) is 23.6 Å². The molecule has 0 unspecified atom stereocenters. The Hall–Kier alpha value is -2.33. The molecular weight excluding hydrogens is 637 g/mol. The number of rotatable bonds is 8. The average Bonchev–Trinajstić information content (AvgIpc) is 3.12. The molecule has 0 atom stereocenters. The number of hydrogen-bond donors (Lipinski definition) is 0. The van der Waals surface area contributed by atoms with Crippen LogP contribution in [0.15, 0.2) is 68.4 Å². The normalized spacial score (nSPS) is 14.6. The monoisotopic (exact) mass is 653 g/mol. The zero-order valence-corrected chi connectivity index (χ0v) is 23.6. The molecule has 1 aliphatic rings. The van der Waals surface area contributed by atoms with Crippen LogP contribution in [0.5, 0.6) is 11.5 Å². The maximum absolute atomic E-state index is 14.2. The highest BCUT2D eigenvalue weighted by Gasteiger charge is 2.36. The minimum absolute atomic E-state index is 0.0881. The van der Waals surface area contributed by atoms with E-state index in [1.54, 1.807) is 12.1 Å². The quantitative estimate of drug-likeness (QED) is 0.229. The summed E-state index contributed by atoms with van der Waals surface area (Å²) < 4.78 is 27.3. The fourth-order valence-corrected chi connectivity index (χ4v) is 5.46. The summed E-state index contributed by atoms with van der Waals surface area (Å²) in [6, 6.07) is 15.7. The van der Waals surface area contributed by atoms with Gasteiger partial charge in [-0.2, -0.15) is 0 Å². The number of hydrogen-bond acceptors (Lipinski definition) is 5. The second-order valence-corrected chi connectivity index (χ2v) is 10.6. The molecular formula is C26H19Br2ClFNO4S. The van der Waals surface area contributed by atoms with E-state index in [-0.39, 0.29) is 22.0 Å². The maximum Gasteiger partial charge on any atom is 0.293 e. The Balaban J connectivity index is 1.62. The van der Waals surface area contributed by atoms with Gasteiger partial charge < -0.3 is 9.47 Å². The molecule has 1 fully saturated rings. The number of benzene rings is 3. The molecule has 0 aliphatic carbocycles. The van der Waals surface area contributed by atoms with Crippen LogP contribution >= 0.6 is 55.2 Å².